The summed E-state index contributed by atoms with van der Waals surface area (Å²) in [5.74, 6) is -0.388. The number of aromatic amines is 1. The molecule has 3 rings (SSSR count). The van der Waals surface area contributed by atoms with Crippen LogP contribution in [-0.2, 0) is 11.3 Å². The van der Waals surface area contributed by atoms with Gasteiger partial charge in [-0.3, -0.25) is 0 Å². The molecule has 7 heteroatoms. The van der Waals surface area contributed by atoms with Crippen LogP contribution in [0.25, 0.3) is 11.0 Å². The molecule has 24 heavy (non-hydrogen) atoms. The molecule has 0 aliphatic rings. The number of hydrogen-bond donors (Lipinski definition) is 3. The summed E-state index contributed by atoms with van der Waals surface area (Å²) in [6, 6.07) is 12.0. The molecule has 0 saturated carbocycles. The monoisotopic (exact) mass is 324 g/mol. The van der Waals surface area contributed by atoms with E-state index in [0.29, 0.717) is 17.8 Å². The fraction of sp³-hybridized carbons (Fsp3) is 0.118. The van der Waals surface area contributed by atoms with Gasteiger partial charge in [0.25, 0.3) is 0 Å². The number of benzene rings is 2. The van der Waals surface area contributed by atoms with Gasteiger partial charge in [0.05, 0.1) is 30.0 Å². The molecule has 0 unspecified atom stereocenters. The predicted octanol–water partition coefficient (Wildman–Crippen LogP) is 2.67. The maximum absolute atomic E-state index is 12.0. The standard InChI is InChI=1S/C17H16N4O3/c1-24-16(22)12-4-2-11(3-5-12)9-18-17(23)21-13-6-7-14-15(8-13)20-10-19-14/h2-8,10H,9H2,1H3,(H,19,20)(H2,18,21,23). The second-order valence-electron chi connectivity index (χ2n) is 5.13. The molecule has 0 aliphatic heterocycles. The molecule has 0 bridgehead atoms. The SMILES string of the molecule is COC(=O)c1ccc(CNC(=O)Nc2ccc3nc[nH]c3c2)cc1. The Morgan fingerprint density at radius 1 is 1.17 bits per heavy atom. The molecule has 1 heterocycles. The van der Waals surface area contributed by atoms with E-state index in [-0.39, 0.29) is 12.0 Å². The molecule has 3 N–H and O–H groups in total. The van der Waals surface area contributed by atoms with E-state index in [0.717, 1.165) is 16.6 Å². The van der Waals surface area contributed by atoms with E-state index in [2.05, 4.69) is 25.3 Å². The first-order chi connectivity index (χ1) is 11.7. The lowest BCUT2D eigenvalue weighted by molar-refractivity contribution is 0.0600. The fourth-order valence-electron chi connectivity index (χ4n) is 2.25. The Bertz CT molecular complexity index is 871. The lowest BCUT2D eigenvalue weighted by Crippen LogP contribution is -2.28. The van der Waals surface area contributed by atoms with E-state index < -0.39 is 0 Å². The number of rotatable bonds is 4. The Hall–Kier alpha value is -3.35. The normalized spacial score (nSPS) is 10.4. The van der Waals surface area contributed by atoms with E-state index in [1.165, 1.54) is 7.11 Å². The molecule has 2 amide bonds. The maximum Gasteiger partial charge on any atom is 0.337 e. The van der Waals surface area contributed by atoms with Crippen LogP contribution in [0.5, 0.6) is 0 Å². The van der Waals surface area contributed by atoms with Gasteiger partial charge in [-0.1, -0.05) is 12.1 Å². The van der Waals surface area contributed by atoms with Crippen molar-refractivity contribution in [3.63, 3.8) is 0 Å². The first-order valence-electron chi connectivity index (χ1n) is 7.31. The molecule has 0 saturated heterocycles. The van der Waals surface area contributed by atoms with E-state index in [9.17, 15) is 9.59 Å². The number of nitrogens with one attached hydrogen (secondary N) is 3. The van der Waals surface area contributed by atoms with Crippen molar-refractivity contribution >= 4 is 28.7 Å². The number of amides is 2. The first kappa shape index (κ1) is 15.5. The van der Waals surface area contributed by atoms with Crippen molar-refractivity contribution < 1.29 is 14.3 Å². The molecule has 0 spiro atoms. The molecular weight excluding hydrogens is 308 g/mol. The van der Waals surface area contributed by atoms with E-state index in [4.69, 9.17) is 0 Å². The molecule has 2 aromatic carbocycles. The van der Waals surface area contributed by atoms with Gasteiger partial charge in [-0.2, -0.15) is 0 Å². The highest BCUT2D eigenvalue weighted by atomic mass is 16.5. The number of ether oxygens (including phenoxy) is 1. The number of anilines is 1. The zero-order valence-electron chi connectivity index (χ0n) is 13.0. The summed E-state index contributed by atoms with van der Waals surface area (Å²) in [4.78, 5) is 30.4. The Morgan fingerprint density at radius 3 is 2.71 bits per heavy atom. The van der Waals surface area contributed by atoms with Crippen LogP contribution in [0.1, 0.15) is 15.9 Å². The average Bonchev–Trinajstić information content (AvgIpc) is 3.07. The van der Waals surface area contributed by atoms with Crippen molar-refractivity contribution in [2.75, 3.05) is 12.4 Å². The first-order valence-corrected chi connectivity index (χ1v) is 7.31. The third-order valence-electron chi connectivity index (χ3n) is 3.51. The number of methoxy groups -OCH3 is 1. The Kier molecular flexibility index (Phi) is 4.42. The number of carbonyl (C=O) groups excluding carboxylic acids is 2. The van der Waals surface area contributed by atoms with Crippen LogP contribution in [0, 0.1) is 0 Å². The van der Waals surface area contributed by atoms with Gasteiger partial charge in [0.1, 0.15) is 0 Å². The summed E-state index contributed by atoms with van der Waals surface area (Å²) in [6.45, 7) is 0.347. The van der Waals surface area contributed by atoms with Crippen LogP contribution in [0.2, 0.25) is 0 Å². The number of H-pyrrole nitrogens is 1. The van der Waals surface area contributed by atoms with Gasteiger partial charge in [0.15, 0.2) is 0 Å². The third-order valence-corrected chi connectivity index (χ3v) is 3.51. The van der Waals surface area contributed by atoms with Crippen molar-refractivity contribution in [1.82, 2.24) is 15.3 Å². The summed E-state index contributed by atoms with van der Waals surface area (Å²) in [5, 5.41) is 5.52. The van der Waals surface area contributed by atoms with Gasteiger partial charge in [0, 0.05) is 12.2 Å². The third kappa shape index (κ3) is 3.52. The summed E-state index contributed by atoms with van der Waals surface area (Å²) in [5.41, 5.74) is 3.71. The number of imidazole rings is 1. The number of nitrogens with zero attached hydrogens (tertiary/aromatic N) is 1. The molecule has 0 atom stereocenters. The number of esters is 1. The van der Waals surface area contributed by atoms with Gasteiger partial charge >= 0.3 is 12.0 Å². The predicted molar refractivity (Wildman–Crippen MR) is 89.7 cm³/mol. The van der Waals surface area contributed by atoms with Gasteiger partial charge < -0.3 is 20.4 Å². The van der Waals surface area contributed by atoms with E-state index in [1.54, 1.807) is 36.7 Å². The minimum atomic E-state index is -0.388. The lowest BCUT2D eigenvalue weighted by Gasteiger charge is -2.08. The molecule has 3 aromatic rings. The summed E-state index contributed by atoms with van der Waals surface area (Å²) >= 11 is 0. The van der Waals surface area contributed by atoms with Crippen LogP contribution in [0.3, 0.4) is 0 Å². The highest BCUT2D eigenvalue weighted by Crippen LogP contribution is 2.15. The van der Waals surface area contributed by atoms with Crippen molar-refractivity contribution in [2.24, 2.45) is 0 Å². The summed E-state index contributed by atoms with van der Waals surface area (Å²) in [7, 11) is 1.34. The highest BCUT2D eigenvalue weighted by Gasteiger charge is 2.06. The molecular formula is C17H16N4O3. The topological polar surface area (TPSA) is 96.1 Å². The van der Waals surface area contributed by atoms with Crippen LogP contribution >= 0.6 is 0 Å². The number of hydrogen-bond acceptors (Lipinski definition) is 4. The second-order valence-corrected chi connectivity index (χ2v) is 5.13. The van der Waals surface area contributed by atoms with Crippen molar-refractivity contribution in [3.05, 3.63) is 59.9 Å². The van der Waals surface area contributed by atoms with Crippen LogP contribution in [0.4, 0.5) is 10.5 Å². The Balaban J connectivity index is 1.56. The van der Waals surface area contributed by atoms with Crippen molar-refractivity contribution in [2.45, 2.75) is 6.54 Å². The number of urea groups is 1. The van der Waals surface area contributed by atoms with E-state index >= 15 is 0 Å². The second kappa shape index (κ2) is 6.82. The van der Waals surface area contributed by atoms with Gasteiger partial charge in [0.2, 0.25) is 0 Å². The number of aromatic nitrogens is 2. The Morgan fingerprint density at radius 2 is 1.96 bits per heavy atom. The summed E-state index contributed by atoms with van der Waals surface area (Å²) < 4.78 is 4.64. The van der Waals surface area contributed by atoms with Crippen LogP contribution < -0.4 is 10.6 Å². The van der Waals surface area contributed by atoms with Crippen molar-refractivity contribution in [3.8, 4) is 0 Å². The molecule has 1 aromatic heterocycles. The largest absolute Gasteiger partial charge is 0.465 e. The number of carbonyl (C=O) groups is 2. The molecule has 7 nitrogen and oxygen atoms in total. The van der Waals surface area contributed by atoms with Gasteiger partial charge in [-0.05, 0) is 35.9 Å². The van der Waals surface area contributed by atoms with Gasteiger partial charge in [-0.25, -0.2) is 14.6 Å². The quantitative estimate of drug-likeness (QED) is 0.643. The molecule has 0 aliphatic carbocycles. The van der Waals surface area contributed by atoms with Crippen molar-refractivity contribution in [1.29, 1.82) is 0 Å². The molecule has 0 radical (unpaired) electrons. The zero-order chi connectivity index (χ0) is 16.9. The minimum absolute atomic E-state index is 0.314. The van der Waals surface area contributed by atoms with Gasteiger partial charge in [-0.15, -0.1) is 0 Å². The molecule has 0 fully saturated rings. The average molecular weight is 324 g/mol. The Labute approximate surface area is 138 Å². The fourth-order valence-corrected chi connectivity index (χ4v) is 2.25. The number of fused-ring (bicyclic) bond motifs is 1. The lowest BCUT2D eigenvalue weighted by atomic mass is 10.1. The van der Waals surface area contributed by atoms with Crippen LogP contribution in [0.15, 0.2) is 48.8 Å². The minimum Gasteiger partial charge on any atom is -0.465 e. The summed E-state index contributed by atoms with van der Waals surface area (Å²) in [6.07, 6.45) is 1.60. The molecule has 122 valence electrons. The smallest absolute Gasteiger partial charge is 0.337 e. The highest BCUT2D eigenvalue weighted by molar-refractivity contribution is 5.92. The van der Waals surface area contributed by atoms with E-state index in [1.807, 2.05) is 12.1 Å². The maximum atomic E-state index is 12.0. The zero-order valence-corrected chi connectivity index (χ0v) is 13.0. The van der Waals surface area contributed by atoms with Crippen LogP contribution in [-0.4, -0.2) is 29.1 Å².